The molecular formula is C57H35N7O. The van der Waals surface area contributed by atoms with Crippen LogP contribution in [-0.4, -0.2) is 33.2 Å². The quantitative estimate of drug-likeness (QED) is 0.167. The Balaban J connectivity index is 1.16. The minimum atomic E-state index is 0.180. The lowest BCUT2D eigenvalue weighted by atomic mass is 10.1. The van der Waals surface area contributed by atoms with Gasteiger partial charge in [-0.2, -0.15) is 15.0 Å². The van der Waals surface area contributed by atoms with E-state index in [9.17, 15) is 0 Å². The minimum absolute atomic E-state index is 0.180. The lowest BCUT2D eigenvalue weighted by Gasteiger charge is -2.15. The van der Waals surface area contributed by atoms with Crippen molar-refractivity contribution >= 4 is 87.2 Å². The Morgan fingerprint density at radius 2 is 0.569 bits per heavy atom. The van der Waals surface area contributed by atoms with Gasteiger partial charge in [-0.3, -0.25) is 9.13 Å². The maximum atomic E-state index is 6.66. The average Bonchev–Trinajstić information content (AvgIpc) is 4.10. The first-order valence-corrected chi connectivity index (χ1v) is 21.8. The van der Waals surface area contributed by atoms with Gasteiger partial charge in [-0.25, -0.2) is 0 Å². The third-order valence-electron chi connectivity index (χ3n) is 12.9. The number of nitrogens with zero attached hydrogens (tertiary/aromatic N) is 7. The Morgan fingerprint density at radius 3 is 0.954 bits per heavy atom. The van der Waals surface area contributed by atoms with Gasteiger partial charge < -0.3 is 13.9 Å². The van der Waals surface area contributed by atoms with Crippen LogP contribution < -0.4 is 4.74 Å². The maximum absolute atomic E-state index is 6.66. The van der Waals surface area contributed by atoms with Crippen molar-refractivity contribution < 1.29 is 4.74 Å². The molecule has 0 fully saturated rings. The Bertz CT molecular complexity index is 3950. The zero-order chi connectivity index (χ0) is 42.6. The summed E-state index contributed by atoms with van der Waals surface area (Å²) in [5, 5.41) is 8.96. The fourth-order valence-electron chi connectivity index (χ4n) is 10.3. The van der Waals surface area contributed by atoms with Crippen molar-refractivity contribution in [3.63, 3.8) is 0 Å². The molecule has 0 unspecified atom stereocenters. The van der Waals surface area contributed by atoms with Gasteiger partial charge in [-0.15, -0.1) is 0 Å². The van der Waals surface area contributed by atoms with E-state index in [1.807, 2.05) is 30.3 Å². The van der Waals surface area contributed by atoms with Gasteiger partial charge in [-0.1, -0.05) is 152 Å². The first kappa shape index (κ1) is 35.6. The summed E-state index contributed by atoms with van der Waals surface area (Å²) in [7, 11) is 0. The molecule has 0 atom stereocenters. The molecule has 8 nitrogen and oxygen atoms in total. The smallest absolute Gasteiger partial charge is 0.328 e. The first-order valence-electron chi connectivity index (χ1n) is 21.8. The van der Waals surface area contributed by atoms with E-state index in [1.165, 1.54) is 0 Å². The van der Waals surface area contributed by atoms with Crippen molar-refractivity contribution in [2.24, 2.45) is 0 Å². The van der Waals surface area contributed by atoms with E-state index in [0.717, 1.165) is 98.6 Å². The SMILES string of the molecule is c1ccc(Oc2nc(-n3c4ccccc4c4ccc5c6ccccc6n(-c6ccccc6)c5c43)nc(-n3c4ccccc4c4ccc5c6ccccc6n(-c6ccccc6)c5c43)n2)cc1. The number of benzene rings is 9. The molecule has 0 saturated carbocycles. The largest absolute Gasteiger partial charge is 0.424 e. The summed E-state index contributed by atoms with van der Waals surface area (Å²) in [4.78, 5) is 16.1. The van der Waals surface area contributed by atoms with E-state index in [1.54, 1.807) is 0 Å². The van der Waals surface area contributed by atoms with Gasteiger partial charge in [0, 0.05) is 54.5 Å². The molecule has 0 bridgehead atoms. The standard InChI is InChI=1S/C57H35N7O/c1-4-18-36(19-5-1)61-47-28-14-10-24-39(47)43-32-34-45-41-26-12-16-30-49(41)63(53(45)51(43)61)55-58-56(60-57(59-55)65-38-22-8-3-9-23-38)64-50-31-17-13-27-42(50)46-35-33-44-40-25-11-15-29-48(40)62(52(44)54(46)64)37-20-6-2-7-21-37/h1-35H. The number of hydrogen-bond donors (Lipinski definition) is 0. The first-order chi connectivity index (χ1) is 32.3. The van der Waals surface area contributed by atoms with Gasteiger partial charge >= 0.3 is 6.01 Å². The van der Waals surface area contributed by atoms with E-state index >= 15 is 0 Å². The highest BCUT2D eigenvalue weighted by Gasteiger charge is 2.26. The van der Waals surface area contributed by atoms with Crippen molar-refractivity contribution in [3.05, 3.63) is 212 Å². The molecule has 0 amide bonds. The zero-order valence-corrected chi connectivity index (χ0v) is 34.7. The summed E-state index contributed by atoms with van der Waals surface area (Å²) in [5.74, 6) is 1.50. The Kier molecular flexibility index (Phi) is 7.52. The Morgan fingerprint density at radius 1 is 0.262 bits per heavy atom. The highest BCUT2D eigenvalue weighted by atomic mass is 16.5. The molecule has 9 aromatic carbocycles. The lowest BCUT2D eigenvalue weighted by Crippen LogP contribution is -2.11. The van der Waals surface area contributed by atoms with E-state index in [2.05, 4.69) is 200 Å². The minimum Gasteiger partial charge on any atom is -0.424 e. The fourth-order valence-corrected chi connectivity index (χ4v) is 10.3. The molecule has 8 heteroatoms. The summed E-state index contributed by atoms with van der Waals surface area (Å²) >= 11 is 0. The topological polar surface area (TPSA) is 67.6 Å². The molecule has 0 N–H and O–H groups in total. The summed E-state index contributed by atoms with van der Waals surface area (Å²) in [5.41, 5.74) is 10.4. The van der Waals surface area contributed by atoms with Crippen LogP contribution in [-0.2, 0) is 0 Å². The number of ether oxygens (including phenoxy) is 1. The summed E-state index contributed by atoms with van der Waals surface area (Å²) in [6, 6.07) is 74.4. The van der Waals surface area contributed by atoms with E-state index < -0.39 is 0 Å². The third-order valence-corrected chi connectivity index (χ3v) is 12.9. The third kappa shape index (κ3) is 5.16. The van der Waals surface area contributed by atoms with Crippen molar-refractivity contribution in [1.29, 1.82) is 0 Å². The van der Waals surface area contributed by atoms with Crippen LogP contribution in [0.4, 0.5) is 0 Å². The molecule has 0 aliphatic carbocycles. The number of fused-ring (bicyclic) bond motifs is 14. The monoisotopic (exact) mass is 833 g/mol. The van der Waals surface area contributed by atoms with Crippen molar-refractivity contribution in [2.75, 3.05) is 0 Å². The Labute approximate surface area is 371 Å². The molecule has 14 rings (SSSR count). The molecule has 304 valence electrons. The average molecular weight is 834 g/mol. The van der Waals surface area contributed by atoms with Crippen LogP contribution in [0.1, 0.15) is 0 Å². The van der Waals surface area contributed by atoms with Crippen LogP contribution in [0.2, 0.25) is 0 Å². The van der Waals surface area contributed by atoms with E-state index in [4.69, 9.17) is 19.7 Å². The summed E-state index contributed by atoms with van der Waals surface area (Å²) in [6.07, 6.45) is 0. The molecule has 14 aromatic rings. The van der Waals surface area contributed by atoms with Crippen molar-refractivity contribution in [2.45, 2.75) is 0 Å². The molecule has 5 aromatic heterocycles. The van der Waals surface area contributed by atoms with Gasteiger partial charge in [0.1, 0.15) is 5.75 Å². The van der Waals surface area contributed by atoms with Crippen LogP contribution in [0.15, 0.2) is 212 Å². The number of para-hydroxylation sites is 7. The fraction of sp³-hybridized carbons (Fsp3) is 0. The van der Waals surface area contributed by atoms with Gasteiger partial charge in [0.25, 0.3) is 0 Å². The molecule has 0 spiro atoms. The zero-order valence-electron chi connectivity index (χ0n) is 34.7. The maximum Gasteiger partial charge on any atom is 0.328 e. The molecule has 0 radical (unpaired) electrons. The van der Waals surface area contributed by atoms with E-state index in [0.29, 0.717) is 17.6 Å². The van der Waals surface area contributed by atoms with Crippen LogP contribution in [0.5, 0.6) is 11.8 Å². The van der Waals surface area contributed by atoms with Crippen LogP contribution in [0, 0.1) is 0 Å². The van der Waals surface area contributed by atoms with Gasteiger partial charge in [0.05, 0.1) is 44.1 Å². The second kappa shape index (κ2) is 13.7. The summed E-state index contributed by atoms with van der Waals surface area (Å²) in [6.45, 7) is 0. The molecular weight excluding hydrogens is 799 g/mol. The second-order valence-electron chi connectivity index (χ2n) is 16.4. The molecule has 0 aliphatic rings. The van der Waals surface area contributed by atoms with E-state index in [-0.39, 0.29) is 6.01 Å². The van der Waals surface area contributed by atoms with Crippen LogP contribution in [0.3, 0.4) is 0 Å². The van der Waals surface area contributed by atoms with Crippen molar-refractivity contribution in [3.8, 4) is 35.0 Å². The highest BCUT2D eigenvalue weighted by Crippen LogP contribution is 2.44. The lowest BCUT2D eigenvalue weighted by molar-refractivity contribution is 0.437. The van der Waals surface area contributed by atoms with Crippen molar-refractivity contribution in [1.82, 2.24) is 33.2 Å². The number of aromatic nitrogens is 7. The molecule has 0 aliphatic heterocycles. The Hall–Kier alpha value is -9.01. The predicted molar refractivity (Wildman–Crippen MR) is 264 cm³/mol. The number of rotatable bonds is 6. The van der Waals surface area contributed by atoms with Gasteiger partial charge in [0.2, 0.25) is 11.9 Å². The molecule has 5 heterocycles. The molecule has 0 saturated heterocycles. The van der Waals surface area contributed by atoms with Crippen LogP contribution >= 0.6 is 0 Å². The number of hydrogen-bond acceptors (Lipinski definition) is 4. The predicted octanol–water partition coefficient (Wildman–Crippen LogP) is 14.1. The summed E-state index contributed by atoms with van der Waals surface area (Å²) < 4.78 is 15.8. The normalized spacial score (nSPS) is 12.0. The molecule has 65 heavy (non-hydrogen) atoms. The second-order valence-corrected chi connectivity index (χ2v) is 16.4. The van der Waals surface area contributed by atoms with Gasteiger partial charge in [-0.05, 0) is 60.7 Å². The van der Waals surface area contributed by atoms with Crippen LogP contribution in [0.25, 0.3) is 110 Å². The highest BCUT2D eigenvalue weighted by molar-refractivity contribution is 6.25. The van der Waals surface area contributed by atoms with Gasteiger partial charge in [0.15, 0.2) is 0 Å².